The average molecular weight is 511 g/mol. The molecular weight excluding hydrogens is 472 g/mol. The molecule has 0 saturated heterocycles. The van der Waals surface area contributed by atoms with Crippen LogP contribution in [0.3, 0.4) is 0 Å². The van der Waals surface area contributed by atoms with Crippen molar-refractivity contribution in [2.24, 2.45) is 0 Å². The van der Waals surface area contributed by atoms with Crippen molar-refractivity contribution < 1.29 is 4.74 Å². The van der Waals surface area contributed by atoms with Crippen LogP contribution in [0.15, 0.2) is 133 Å². The number of fused-ring (bicyclic) bond motifs is 2. The Morgan fingerprint density at radius 3 is 1.15 bits per heavy atom. The van der Waals surface area contributed by atoms with Crippen molar-refractivity contribution in [2.45, 2.75) is 40.5 Å². The molecule has 0 unspecified atom stereocenters. The SMILES string of the molecule is CCc1ccccc1.CCc1ccccc1.Cc1ccc2ccc(Oc3ccc4ccc(C)cc4c3)cc2c1. The summed E-state index contributed by atoms with van der Waals surface area (Å²) in [7, 11) is 0. The minimum atomic E-state index is 0.870. The van der Waals surface area contributed by atoms with Crippen molar-refractivity contribution in [3.05, 3.63) is 156 Å². The normalized spacial score (nSPS) is 10.3. The third-order valence-electron chi connectivity index (χ3n) is 6.67. The standard InChI is InChI=1S/C22H18O.2C8H10/c1-15-3-5-17-7-9-21(13-19(17)11-15)23-22-10-8-18-6-4-16(2)12-20(18)14-22;2*1-2-8-6-4-3-5-7-8/h3-14H,1-2H3;2*3-7H,2H2,1H3. The largest absolute Gasteiger partial charge is 0.457 e. The fraction of sp³-hybridized carbons (Fsp3) is 0.158. The van der Waals surface area contributed by atoms with E-state index in [2.05, 4.69) is 137 Å². The molecule has 0 aliphatic rings. The minimum absolute atomic E-state index is 0.870. The average Bonchev–Trinajstić information content (AvgIpc) is 2.98. The summed E-state index contributed by atoms with van der Waals surface area (Å²) in [6.45, 7) is 8.54. The zero-order valence-electron chi connectivity index (χ0n) is 23.5. The van der Waals surface area contributed by atoms with Crippen molar-refractivity contribution in [2.75, 3.05) is 0 Å². The highest BCUT2D eigenvalue weighted by Crippen LogP contribution is 2.29. The van der Waals surface area contributed by atoms with Crippen molar-refractivity contribution in [3.63, 3.8) is 0 Å². The summed E-state index contributed by atoms with van der Waals surface area (Å²) in [4.78, 5) is 0. The molecule has 1 heteroatoms. The minimum Gasteiger partial charge on any atom is -0.457 e. The predicted molar refractivity (Wildman–Crippen MR) is 169 cm³/mol. The lowest BCUT2D eigenvalue weighted by atomic mass is 10.1. The maximum atomic E-state index is 6.07. The third kappa shape index (κ3) is 8.32. The van der Waals surface area contributed by atoms with Gasteiger partial charge in [-0.15, -0.1) is 0 Å². The second kappa shape index (κ2) is 14.0. The number of hydrogen-bond acceptors (Lipinski definition) is 1. The van der Waals surface area contributed by atoms with E-state index >= 15 is 0 Å². The Hall–Kier alpha value is -4.36. The summed E-state index contributed by atoms with van der Waals surface area (Å²) in [5.41, 5.74) is 5.34. The van der Waals surface area contributed by atoms with Crippen molar-refractivity contribution in [1.29, 1.82) is 0 Å². The van der Waals surface area contributed by atoms with E-state index < -0.39 is 0 Å². The molecule has 0 atom stereocenters. The molecule has 0 bridgehead atoms. The summed E-state index contributed by atoms with van der Waals surface area (Å²) < 4.78 is 6.07. The molecule has 0 heterocycles. The van der Waals surface area contributed by atoms with Gasteiger partial charge in [0.2, 0.25) is 0 Å². The van der Waals surface area contributed by atoms with Gasteiger partial charge < -0.3 is 4.74 Å². The second-order valence-corrected chi connectivity index (χ2v) is 9.81. The monoisotopic (exact) mass is 510 g/mol. The van der Waals surface area contributed by atoms with Crippen LogP contribution in [-0.4, -0.2) is 0 Å². The first-order valence-corrected chi connectivity index (χ1v) is 13.8. The zero-order valence-corrected chi connectivity index (χ0v) is 23.5. The zero-order chi connectivity index (χ0) is 27.5. The Labute approximate surface area is 233 Å². The van der Waals surface area contributed by atoms with Gasteiger partial charge in [0.15, 0.2) is 0 Å². The molecule has 0 radical (unpaired) electrons. The molecule has 1 nitrogen and oxygen atoms in total. The quantitative estimate of drug-likeness (QED) is 0.229. The molecule has 6 aromatic carbocycles. The summed E-state index contributed by atoms with van der Waals surface area (Å²) in [5, 5.41) is 4.88. The van der Waals surface area contributed by atoms with Crippen molar-refractivity contribution >= 4 is 21.5 Å². The molecule has 0 fully saturated rings. The molecule has 6 aromatic rings. The number of ether oxygens (including phenoxy) is 1. The van der Waals surface area contributed by atoms with Crippen LogP contribution >= 0.6 is 0 Å². The van der Waals surface area contributed by atoms with Crippen LogP contribution in [0.2, 0.25) is 0 Å². The maximum Gasteiger partial charge on any atom is 0.128 e. The van der Waals surface area contributed by atoms with E-state index in [0.29, 0.717) is 0 Å². The van der Waals surface area contributed by atoms with Gasteiger partial charge in [-0.1, -0.05) is 134 Å². The number of aryl methyl sites for hydroxylation is 4. The van der Waals surface area contributed by atoms with Gasteiger partial charge in [0, 0.05) is 0 Å². The van der Waals surface area contributed by atoms with E-state index in [1.807, 2.05) is 24.3 Å². The Balaban J connectivity index is 0.000000180. The summed E-state index contributed by atoms with van der Waals surface area (Å²) >= 11 is 0. The molecular formula is C38H38O. The fourth-order valence-electron chi connectivity index (χ4n) is 4.38. The van der Waals surface area contributed by atoms with Gasteiger partial charge in [-0.3, -0.25) is 0 Å². The van der Waals surface area contributed by atoms with E-state index in [-0.39, 0.29) is 0 Å². The first kappa shape index (κ1) is 27.7. The van der Waals surface area contributed by atoms with Crippen LogP contribution in [0.25, 0.3) is 21.5 Å². The molecule has 196 valence electrons. The van der Waals surface area contributed by atoms with Crippen molar-refractivity contribution in [3.8, 4) is 11.5 Å². The van der Waals surface area contributed by atoms with Gasteiger partial charge in [-0.05, 0) is 83.6 Å². The highest BCUT2D eigenvalue weighted by molar-refractivity contribution is 5.86. The Morgan fingerprint density at radius 1 is 0.410 bits per heavy atom. The highest BCUT2D eigenvalue weighted by atomic mass is 16.5. The molecule has 0 amide bonds. The lowest BCUT2D eigenvalue weighted by Gasteiger charge is -2.09. The molecule has 0 N–H and O–H groups in total. The van der Waals surface area contributed by atoms with Crippen LogP contribution in [0.5, 0.6) is 11.5 Å². The van der Waals surface area contributed by atoms with E-state index in [1.54, 1.807) is 0 Å². The topological polar surface area (TPSA) is 9.23 Å². The summed E-state index contributed by atoms with van der Waals surface area (Å²) in [6.07, 6.45) is 2.28. The van der Waals surface area contributed by atoms with E-state index in [0.717, 1.165) is 24.3 Å². The van der Waals surface area contributed by atoms with Crippen LogP contribution in [0.1, 0.15) is 36.1 Å². The lowest BCUT2D eigenvalue weighted by molar-refractivity contribution is 0.484. The number of rotatable bonds is 4. The molecule has 0 aromatic heterocycles. The first-order chi connectivity index (χ1) is 19.0. The summed E-state index contributed by atoms with van der Waals surface area (Å²) in [6, 6.07) is 46.3. The molecule has 0 aliphatic heterocycles. The Morgan fingerprint density at radius 2 is 0.795 bits per heavy atom. The molecule has 0 spiro atoms. The van der Waals surface area contributed by atoms with E-state index in [4.69, 9.17) is 4.74 Å². The van der Waals surface area contributed by atoms with Gasteiger partial charge in [0.1, 0.15) is 11.5 Å². The number of hydrogen-bond donors (Lipinski definition) is 0. The van der Waals surface area contributed by atoms with Crippen LogP contribution in [-0.2, 0) is 12.8 Å². The second-order valence-electron chi connectivity index (χ2n) is 9.81. The fourth-order valence-corrected chi connectivity index (χ4v) is 4.38. The molecule has 39 heavy (non-hydrogen) atoms. The highest BCUT2D eigenvalue weighted by Gasteiger charge is 2.02. The van der Waals surface area contributed by atoms with Gasteiger partial charge >= 0.3 is 0 Å². The lowest BCUT2D eigenvalue weighted by Crippen LogP contribution is -1.85. The third-order valence-corrected chi connectivity index (χ3v) is 6.67. The van der Waals surface area contributed by atoms with E-state index in [9.17, 15) is 0 Å². The summed E-state index contributed by atoms with van der Waals surface area (Å²) in [5.74, 6) is 1.74. The van der Waals surface area contributed by atoms with Crippen LogP contribution < -0.4 is 4.74 Å². The Kier molecular flexibility index (Phi) is 9.92. The molecule has 6 rings (SSSR count). The van der Waals surface area contributed by atoms with Crippen LogP contribution in [0.4, 0.5) is 0 Å². The van der Waals surface area contributed by atoms with E-state index in [1.165, 1.54) is 43.8 Å². The maximum absolute atomic E-state index is 6.07. The van der Waals surface area contributed by atoms with Crippen molar-refractivity contribution in [1.82, 2.24) is 0 Å². The predicted octanol–water partition coefficient (Wildman–Crippen LogP) is 10.9. The molecule has 0 saturated carbocycles. The smallest absolute Gasteiger partial charge is 0.128 e. The first-order valence-electron chi connectivity index (χ1n) is 13.8. The van der Waals surface area contributed by atoms with Crippen LogP contribution in [0, 0.1) is 13.8 Å². The van der Waals surface area contributed by atoms with Gasteiger partial charge in [0.25, 0.3) is 0 Å². The molecule has 0 aliphatic carbocycles. The Bertz CT molecular complexity index is 1480. The number of benzene rings is 6. The van der Waals surface area contributed by atoms with Gasteiger partial charge in [-0.2, -0.15) is 0 Å². The van der Waals surface area contributed by atoms with Gasteiger partial charge in [-0.25, -0.2) is 0 Å². The van der Waals surface area contributed by atoms with Gasteiger partial charge in [0.05, 0.1) is 0 Å².